The fourth-order valence-corrected chi connectivity index (χ4v) is 2.70. The number of aliphatic hydroxyl groups is 1. The van der Waals surface area contributed by atoms with Gasteiger partial charge < -0.3 is 10.4 Å². The van der Waals surface area contributed by atoms with Crippen molar-refractivity contribution in [2.45, 2.75) is 39.7 Å². The van der Waals surface area contributed by atoms with Crippen molar-refractivity contribution in [3.63, 3.8) is 0 Å². The highest BCUT2D eigenvalue weighted by Crippen LogP contribution is 2.18. The number of rotatable bonds is 8. The predicted molar refractivity (Wildman–Crippen MR) is 73.2 cm³/mol. The summed E-state index contributed by atoms with van der Waals surface area (Å²) in [5.41, 5.74) is 0. The van der Waals surface area contributed by atoms with Crippen LogP contribution in [0.25, 0.3) is 0 Å². The third-order valence-corrected chi connectivity index (χ3v) is 3.83. The van der Waals surface area contributed by atoms with Gasteiger partial charge in [0.15, 0.2) is 0 Å². The average Bonchev–Trinajstić information content (AvgIpc) is 2.78. The summed E-state index contributed by atoms with van der Waals surface area (Å²) in [6.07, 6.45) is 3.89. The Bertz CT molecular complexity index is 288. The molecule has 0 saturated carbocycles. The van der Waals surface area contributed by atoms with E-state index in [1.54, 1.807) is 11.3 Å². The Morgan fingerprint density at radius 3 is 2.71 bits per heavy atom. The summed E-state index contributed by atoms with van der Waals surface area (Å²) >= 11 is 1.69. The number of hydrogen-bond donors (Lipinski definition) is 2. The van der Waals surface area contributed by atoms with Crippen molar-refractivity contribution in [3.8, 4) is 0 Å². The molecule has 2 atom stereocenters. The van der Waals surface area contributed by atoms with Crippen LogP contribution in [0.5, 0.6) is 0 Å². The lowest BCUT2D eigenvalue weighted by Crippen LogP contribution is -2.27. The molecule has 0 fully saturated rings. The van der Waals surface area contributed by atoms with Crippen LogP contribution in [0.15, 0.2) is 11.6 Å². The second-order valence-corrected chi connectivity index (χ2v) is 5.93. The fourth-order valence-electron chi connectivity index (χ4n) is 2.03. The van der Waals surface area contributed by atoms with Gasteiger partial charge in [-0.05, 0) is 38.1 Å². The van der Waals surface area contributed by atoms with Crippen LogP contribution in [-0.2, 0) is 0 Å². The molecular weight excluding hydrogens is 232 g/mol. The number of thiazole rings is 1. The van der Waals surface area contributed by atoms with Gasteiger partial charge in [-0.3, -0.25) is 0 Å². The van der Waals surface area contributed by atoms with Gasteiger partial charge in [-0.1, -0.05) is 13.8 Å². The Balaban J connectivity index is 2.35. The fraction of sp³-hybridized carbons (Fsp3) is 0.769. The van der Waals surface area contributed by atoms with Crippen LogP contribution in [0.3, 0.4) is 0 Å². The normalized spacial score (nSPS) is 15.1. The zero-order valence-corrected chi connectivity index (χ0v) is 11.8. The predicted octanol–water partition coefficient (Wildman–Crippen LogP) is 2.84. The van der Waals surface area contributed by atoms with Gasteiger partial charge in [0.05, 0.1) is 6.04 Å². The quantitative estimate of drug-likeness (QED) is 0.752. The summed E-state index contributed by atoms with van der Waals surface area (Å²) in [5, 5.41) is 15.7. The van der Waals surface area contributed by atoms with Crippen LogP contribution >= 0.6 is 11.3 Å². The van der Waals surface area contributed by atoms with Crippen molar-refractivity contribution in [2.75, 3.05) is 13.2 Å². The lowest BCUT2D eigenvalue weighted by molar-refractivity contribution is 0.237. The van der Waals surface area contributed by atoms with Crippen molar-refractivity contribution in [1.29, 1.82) is 0 Å². The molecule has 98 valence electrons. The molecule has 0 spiro atoms. The van der Waals surface area contributed by atoms with E-state index >= 15 is 0 Å². The van der Waals surface area contributed by atoms with E-state index in [1.807, 2.05) is 11.6 Å². The molecule has 0 aliphatic carbocycles. The van der Waals surface area contributed by atoms with Gasteiger partial charge in [0, 0.05) is 18.2 Å². The largest absolute Gasteiger partial charge is 0.396 e. The summed E-state index contributed by atoms with van der Waals surface area (Å²) in [4.78, 5) is 4.31. The maximum absolute atomic E-state index is 9.06. The van der Waals surface area contributed by atoms with Crippen LogP contribution in [0.1, 0.15) is 44.7 Å². The number of aliphatic hydroxyl groups excluding tert-OH is 1. The van der Waals surface area contributed by atoms with Crippen molar-refractivity contribution in [2.24, 2.45) is 11.8 Å². The SMILES string of the molecule is CC(C)CC(CCO)CNC(C)c1nccs1. The highest BCUT2D eigenvalue weighted by molar-refractivity contribution is 7.09. The molecule has 17 heavy (non-hydrogen) atoms. The third kappa shape index (κ3) is 5.61. The molecule has 0 amide bonds. The van der Waals surface area contributed by atoms with Crippen LogP contribution in [0.2, 0.25) is 0 Å². The molecule has 0 aliphatic rings. The second-order valence-electron chi connectivity index (χ2n) is 5.01. The third-order valence-electron chi connectivity index (χ3n) is 2.88. The van der Waals surface area contributed by atoms with E-state index in [2.05, 4.69) is 31.1 Å². The summed E-state index contributed by atoms with van der Waals surface area (Å²) in [6.45, 7) is 7.84. The van der Waals surface area contributed by atoms with Gasteiger partial charge in [-0.2, -0.15) is 0 Å². The first-order valence-electron chi connectivity index (χ1n) is 6.37. The maximum atomic E-state index is 9.06. The van der Waals surface area contributed by atoms with Gasteiger partial charge in [0.1, 0.15) is 5.01 Å². The second kappa shape index (κ2) is 7.80. The minimum absolute atomic E-state index is 0.282. The molecule has 1 heterocycles. The summed E-state index contributed by atoms with van der Waals surface area (Å²) in [7, 11) is 0. The Morgan fingerprint density at radius 1 is 1.41 bits per heavy atom. The first-order chi connectivity index (χ1) is 8.13. The molecule has 1 rings (SSSR count). The van der Waals surface area contributed by atoms with Gasteiger partial charge in [-0.15, -0.1) is 11.3 Å². The first-order valence-corrected chi connectivity index (χ1v) is 7.25. The van der Waals surface area contributed by atoms with Crippen molar-refractivity contribution in [3.05, 3.63) is 16.6 Å². The van der Waals surface area contributed by atoms with E-state index in [0.29, 0.717) is 17.9 Å². The minimum Gasteiger partial charge on any atom is -0.396 e. The van der Waals surface area contributed by atoms with Crippen LogP contribution < -0.4 is 5.32 Å². The van der Waals surface area contributed by atoms with Gasteiger partial charge in [0.2, 0.25) is 0 Å². The standard InChI is InChI=1S/C13H24N2OS/c1-10(2)8-12(4-6-16)9-15-11(3)13-14-5-7-17-13/h5,7,10-12,15-16H,4,6,8-9H2,1-3H3. The topological polar surface area (TPSA) is 45.1 Å². The molecule has 0 radical (unpaired) electrons. The van der Waals surface area contributed by atoms with Crippen LogP contribution in [-0.4, -0.2) is 23.2 Å². The molecule has 0 bridgehead atoms. The summed E-state index contributed by atoms with van der Waals surface area (Å²) in [6, 6.07) is 0.309. The molecule has 0 saturated heterocycles. The smallest absolute Gasteiger partial charge is 0.109 e. The molecular formula is C13H24N2OS. The van der Waals surface area contributed by atoms with E-state index in [4.69, 9.17) is 5.11 Å². The summed E-state index contributed by atoms with van der Waals surface area (Å²) < 4.78 is 0. The van der Waals surface area contributed by atoms with Crippen molar-refractivity contribution in [1.82, 2.24) is 10.3 Å². The van der Waals surface area contributed by atoms with E-state index in [0.717, 1.165) is 24.4 Å². The van der Waals surface area contributed by atoms with Gasteiger partial charge in [-0.25, -0.2) is 4.98 Å². The Hall–Kier alpha value is -0.450. The Labute approximate surface area is 108 Å². The van der Waals surface area contributed by atoms with Crippen molar-refractivity contribution < 1.29 is 5.11 Å². The molecule has 4 heteroatoms. The molecule has 0 aliphatic heterocycles. The molecule has 3 nitrogen and oxygen atoms in total. The molecule has 2 unspecified atom stereocenters. The number of hydrogen-bond acceptors (Lipinski definition) is 4. The zero-order chi connectivity index (χ0) is 12.7. The molecule has 1 aromatic rings. The highest BCUT2D eigenvalue weighted by Gasteiger charge is 2.13. The van der Waals surface area contributed by atoms with E-state index in [9.17, 15) is 0 Å². The molecule has 0 aromatic carbocycles. The van der Waals surface area contributed by atoms with Gasteiger partial charge >= 0.3 is 0 Å². The lowest BCUT2D eigenvalue weighted by atomic mass is 9.94. The number of nitrogens with zero attached hydrogens (tertiary/aromatic N) is 1. The van der Waals surface area contributed by atoms with Crippen LogP contribution in [0, 0.1) is 11.8 Å². The lowest BCUT2D eigenvalue weighted by Gasteiger charge is -2.20. The molecule has 2 N–H and O–H groups in total. The Morgan fingerprint density at radius 2 is 2.18 bits per heavy atom. The number of aromatic nitrogens is 1. The monoisotopic (exact) mass is 256 g/mol. The van der Waals surface area contributed by atoms with E-state index in [1.165, 1.54) is 0 Å². The van der Waals surface area contributed by atoms with Gasteiger partial charge in [0.25, 0.3) is 0 Å². The summed E-state index contributed by atoms with van der Waals surface area (Å²) in [5.74, 6) is 1.24. The van der Waals surface area contributed by atoms with E-state index < -0.39 is 0 Å². The minimum atomic E-state index is 0.282. The molecule has 1 aromatic heterocycles. The average molecular weight is 256 g/mol. The van der Waals surface area contributed by atoms with Crippen molar-refractivity contribution >= 4 is 11.3 Å². The zero-order valence-electron chi connectivity index (χ0n) is 11.0. The Kier molecular flexibility index (Phi) is 6.70. The van der Waals surface area contributed by atoms with E-state index in [-0.39, 0.29) is 6.61 Å². The van der Waals surface area contributed by atoms with Crippen LogP contribution in [0.4, 0.5) is 0 Å². The number of nitrogens with one attached hydrogen (secondary N) is 1. The first kappa shape index (κ1) is 14.6. The maximum Gasteiger partial charge on any atom is 0.109 e. The highest BCUT2D eigenvalue weighted by atomic mass is 32.1.